The highest BCUT2D eigenvalue weighted by Gasteiger charge is 2.26. The summed E-state index contributed by atoms with van der Waals surface area (Å²) in [7, 11) is 0. The molecule has 1 aromatic rings. The molecule has 0 aromatic heterocycles. The molecule has 104 valence electrons. The summed E-state index contributed by atoms with van der Waals surface area (Å²) in [5, 5.41) is 11.1. The summed E-state index contributed by atoms with van der Waals surface area (Å²) in [4.78, 5) is 12.4. The van der Waals surface area contributed by atoms with Crippen LogP contribution in [0.15, 0.2) is 16.6 Å². The van der Waals surface area contributed by atoms with E-state index < -0.39 is 10.7 Å². The van der Waals surface area contributed by atoms with Gasteiger partial charge < -0.3 is 10.6 Å². The second-order valence-electron chi connectivity index (χ2n) is 4.70. The number of nitro benzene ring substituents is 1. The van der Waals surface area contributed by atoms with Gasteiger partial charge in [0.2, 0.25) is 0 Å². The van der Waals surface area contributed by atoms with Gasteiger partial charge in [0.05, 0.1) is 15.5 Å². The summed E-state index contributed by atoms with van der Waals surface area (Å²) in [6.07, 6.45) is 1.97. The molecule has 2 N–H and O–H groups in total. The number of hydrogen-bond acceptors (Lipinski definition) is 4. The van der Waals surface area contributed by atoms with Gasteiger partial charge in [0.15, 0.2) is 0 Å². The SMILES string of the molecule is NCC1CCCN(c2cc(Br)c(F)cc2[N+](=O)[O-])C1. The standard InChI is InChI=1S/C12H15BrFN3O2/c13-9-4-11(12(17(18)19)5-10(9)14)16-3-1-2-8(6-15)7-16/h4-5,8H,1-3,6-7,15H2. The zero-order valence-electron chi connectivity index (χ0n) is 10.3. The largest absolute Gasteiger partial charge is 0.366 e. The lowest BCUT2D eigenvalue weighted by Gasteiger charge is -2.33. The first-order valence-electron chi connectivity index (χ1n) is 6.11. The number of nitro groups is 1. The lowest BCUT2D eigenvalue weighted by Crippen LogP contribution is -2.38. The Labute approximate surface area is 118 Å². The van der Waals surface area contributed by atoms with Gasteiger partial charge in [-0.2, -0.15) is 0 Å². The third kappa shape index (κ3) is 3.03. The van der Waals surface area contributed by atoms with Gasteiger partial charge in [0.1, 0.15) is 11.5 Å². The van der Waals surface area contributed by atoms with Gasteiger partial charge in [0, 0.05) is 13.1 Å². The highest BCUT2D eigenvalue weighted by molar-refractivity contribution is 9.10. The van der Waals surface area contributed by atoms with Crippen LogP contribution in [-0.2, 0) is 0 Å². The molecule has 0 radical (unpaired) electrons. The molecule has 0 aliphatic carbocycles. The van der Waals surface area contributed by atoms with Crippen molar-refractivity contribution in [3.63, 3.8) is 0 Å². The number of nitrogens with zero attached hydrogens (tertiary/aromatic N) is 2. The molecule has 7 heteroatoms. The van der Waals surface area contributed by atoms with E-state index in [-0.39, 0.29) is 10.2 Å². The first-order valence-corrected chi connectivity index (χ1v) is 6.90. The van der Waals surface area contributed by atoms with Crippen LogP contribution in [0.25, 0.3) is 0 Å². The van der Waals surface area contributed by atoms with E-state index in [0.29, 0.717) is 24.7 Å². The smallest absolute Gasteiger partial charge is 0.295 e. The van der Waals surface area contributed by atoms with Crippen molar-refractivity contribution in [2.45, 2.75) is 12.8 Å². The number of hydrogen-bond donors (Lipinski definition) is 1. The second kappa shape index (κ2) is 5.83. The van der Waals surface area contributed by atoms with Crippen molar-refractivity contribution in [2.24, 2.45) is 11.7 Å². The van der Waals surface area contributed by atoms with Crippen molar-refractivity contribution < 1.29 is 9.31 Å². The average molecular weight is 332 g/mol. The molecule has 0 amide bonds. The topological polar surface area (TPSA) is 72.4 Å². The molecule has 1 aliphatic heterocycles. The van der Waals surface area contributed by atoms with Crippen LogP contribution in [0.3, 0.4) is 0 Å². The van der Waals surface area contributed by atoms with Crippen molar-refractivity contribution in [3.8, 4) is 0 Å². The Kier molecular flexibility index (Phi) is 4.36. The van der Waals surface area contributed by atoms with Crippen LogP contribution in [0.4, 0.5) is 15.8 Å². The monoisotopic (exact) mass is 331 g/mol. The fraction of sp³-hybridized carbons (Fsp3) is 0.500. The van der Waals surface area contributed by atoms with Gasteiger partial charge in [0.25, 0.3) is 5.69 Å². The summed E-state index contributed by atoms with van der Waals surface area (Å²) < 4.78 is 13.7. The Hall–Kier alpha value is -1.21. The van der Waals surface area contributed by atoms with Gasteiger partial charge in [-0.1, -0.05) is 0 Å². The van der Waals surface area contributed by atoms with Crippen molar-refractivity contribution in [1.29, 1.82) is 0 Å². The molecule has 2 rings (SSSR count). The Morgan fingerprint density at radius 1 is 1.58 bits per heavy atom. The second-order valence-corrected chi connectivity index (χ2v) is 5.56. The zero-order valence-corrected chi connectivity index (χ0v) is 11.9. The van der Waals surface area contributed by atoms with E-state index in [4.69, 9.17) is 5.73 Å². The van der Waals surface area contributed by atoms with Gasteiger partial charge in [-0.25, -0.2) is 4.39 Å². The van der Waals surface area contributed by atoms with Crippen LogP contribution in [0, 0.1) is 21.8 Å². The number of anilines is 1. The number of nitrogens with two attached hydrogens (primary N) is 1. The molecule has 0 spiro atoms. The number of benzene rings is 1. The number of rotatable bonds is 3. The minimum atomic E-state index is -0.622. The summed E-state index contributed by atoms with van der Waals surface area (Å²) in [5.74, 6) is -0.292. The molecule has 1 unspecified atom stereocenters. The maximum absolute atomic E-state index is 13.4. The zero-order chi connectivity index (χ0) is 14.0. The fourth-order valence-corrected chi connectivity index (χ4v) is 2.73. The van der Waals surface area contributed by atoms with Crippen LogP contribution in [0.5, 0.6) is 0 Å². The van der Waals surface area contributed by atoms with Gasteiger partial charge in [-0.15, -0.1) is 0 Å². The van der Waals surface area contributed by atoms with Crippen LogP contribution >= 0.6 is 15.9 Å². The lowest BCUT2D eigenvalue weighted by atomic mass is 9.97. The first-order chi connectivity index (χ1) is 9.02. The molecule has 0 bridgehead atoms. The molecule has 1 atom stereocenters. The Morgan fingerprint density at radius 3 is 2.95 bits per heavy atom. The number of halogens is 2. The summed E-state index contributed by atoms with van der Waals surface area (Å²) in [6, 6.07) is 2.44. The van der Waals surface area contributed by atoms with E-state index in [1.807, 2.05) is 4.90 Å². The van der Waals surface area contributed by atoms with Gasteiger partial charge in [-0.3, -0.25) is 10.1 Å². The lowest BCUT2D eigenvalue weighted by molar-refractivity contribution is -0.384. The van der Waals surface area contributed by atoms with E-state index >= 15 is 0 Å². The Balaban J connectivity index is 2.37. The van der Waals surface area contributed by atoms with E-state index in [2.05, 4.69) is 15.9 Å². The van der Waals surface area contributed by atoms with E-state index in [1.54, 1.807) is 0 Å². The van der Waals surface area contributed by atoms with Crippen LogP contribution in [0.1, 0.15) is 12.8 Å². The maximum atomic E-state index is 13.4. The van der Waals surface area contributed by atoms with Crippen molar-refractivity contribution >= 4 is 27.3 Å². The number of piperidine rings is 1. The van der Waals surface area contributed by atoms with Gasteiger partial charge in [-0.05, 0) is 47.3 Å². The predicted octanol–water partition coefficient (Wildman–Crippen LogP) is 2.67. The molecule has 1 aliphatic rings. The Morgan fingerprint density at radius 2 is 2.32 bits per heavy atom. The molecule has 5 nitrogen and oxygen atoms in total. The van der Waals surface area contributed by atoms with Crippen LogP contribution in [0.2, 0.25) is 0 Å². The third-order valence-corrected chi connectivity index (χ3v) is 4.01. The molecular weight excluding hydrogens is 317 g/mol. The first kappa shape index (κ1) is 14.2. The third-order valence-electron chi connectivity index (χ3n) is 3.41. The Bertz CT molecular complexity index is 498. The fourth-order valence-electron chi connectivity index (χ4n) is 2.40. The molecule has 1 aromatic carbocycles. The average Bonchev–Trinajstić information content (AvgIpc) is 2.41. The predicted molar refractivity (Wildman–Crippen MR) is 74.7 cm³/mol. The molecule has 1 saturated heterocycles. The van der Waals surface area contributed by atoms with Crippen molar-refractivity contribution in [3.05, 3.63) is 32.5 Å². The van der Waals surface area contributed by atoms with Crippen molar-refractivity contribution in [1.82, 2.24) is 0 Å². The highest BCUT2D eigenvalue weighted by Crippen LogP contribution is 2.35. The maximum Gasteiger partial charge on any atom is 0.295 e. The summed E-state index contributed by atoms with van der Waals surface area (Å²) in [6.45, 7) is 1.97. The van der Waals surface area contributed by atoms with E-state index in [1.165, 1.54) is 6.07 Å². The molecule has 19 heavy (non-hydrogen) atoms. The summed E-state index contributed by atoms with van der Waals surface area (Å²) >= 11 is 3.08. The quantitative estimate of drug-likeness (QED) is 0.682. The molecular formula is C12H15BrFN3O2. The van der Waals surface area contributed by atoms with Crippen molar-refractivity contribution in [2.75, 3.05) is 24.5 Å². The van der Waals surface area contributed by atoms with E-state index in [9.17, 15) is 14.5 Å². The molecule has 1 heterocycles. The van der Waals surface area contributed by atoms with E-state index in [0.717, 1.165) is 25.5 Å². The molecule has 1 fully saturated rings. The highest BCUT2D eigenvalue weighted by atomic mass is 79.9. The normalized spacial score (nSPS) is 19.5. The minimum absolute atomic E-state index is 0.196. The molecule has 0 saturated carbocycles. The van der Waals surface area contributed by atoms with Crippen LogP contribution < -0.4 is 10.6 Å². The summed E-state index contributed by atoms with van der Waals surface area (Å²) in [5.41, 5.74) is 5.92. The van der Waals surface area contributed by atoms with Gasteiger partial charge >= 0.3 is 0 Å². The minimum Gasteiger partial charge on any atom is -0.366 e. The van der Waals surface area contributed by atoms with Crippen LogP contribution in [-0.4, -0.2) is 24.6 Å².